The van der Waals surface area contributed by atoms with Crippen LogP contribution < -0.4 is 0 Å². The van der Waals surface area contributed by atoms with Crippen molar-refractivity contribution < 1.29 is 15.0 Å². The van der Waals surface area contributed by atoms with Crippen LogP contribution in [0.3, 0.4) is 0 Å². The summed E-state index contributed by atoms with van der Waals surface area (Å²) in [6, 6.07) is 5.11. The van der Waals surface area contributed by atoms with Crippen LogP contribution >= 0.6 is 0 Å². The fraction of sp³-hybridized carbons (Fsp3) is 0.417. The molecule has 0 atom stereocenters. The highest BCUT2D eigenvalue weighted by Crippen LogP contribution is 2.46. The van der Waals surface area contributed by atoms with Crippen LogP contribution in [0.25, 0.3) is 0 Å². The molecule has 1 saturated carbocycles. The highest BCUT2D eigenvalue weighted by atomic mass is 16.4. The third-order valence-electron chi connectivity index (χ3n) is 3.44. The van der Waals surface area contributed by atoms with Gasteiger partial charge in [-0.25, -0.2) is 0 Å². The Morgan fingerprint density at radius 2 is 2.07 bits per heavy atom. The molecular weight excluding hydrogens is 192 g/mol. The summed E-state index contributed by atoms with van der Waals surface area (Å²) < 4.78 is 0. The van der Waals surface area contributed by atoms with Crippen molar-refractivity contribution in [2.75, 3.05) is 0 Å². The van der Waals surface area contributed by atoms with Crippen LogP contribution in [0.2, 0.25) is 0 Å². The number of aliphatic carboxylic acids is 1. The average molecular weight is 206 g/mol. The molecule has 3 heteroatoms. The van der Waals surface area contributed by atoms with Gasteiger partial charge in [0, 0.05) is 0 Å². The average Bonchev–Trinajstić information content (AvgIpc) is 2.09. The van der Waals surface area contributed by atoms with E-state index in [0.717, 1.165) is 12.0 Å². The molecule has 1 aliphatic rings. The molecule has 3 nitrogen and oxygen atoms in total. The molecular formula is C12H14O3. The van der Waals surface area contributed by atoms with Gasteiger partial charge < -0.3 is 10.2 Å². The predicted molar refractivity (Wildman–Crippen MR) is 56.0 cm³/mol. The summed E-state index contributed by atoms with van der Waals surface area (Å²) in [5, 5.41) is 18.8. The Balaban J connectivity index is 2.53. The third kappa shape index (κ3) is 1.30. The van der Waals surface area contributed by atoms with E-state index in [9.17, 15) is 15.0 Å². The van der Waals surface area contributed by atoms with Gasteiger partial charge in [0.25, 0.3) is 0 Å². The largest absolute Gasteiger partial charge is 0.508 e. The third-order valence-corrected chi connectivity index (χ3v) is 3.44. The van der Waals surface area contributed by atoms with Gasteiger partial charge in [-0.05, 0) is 37.0 Å². The summed E-state index contributed by atoms with van der Waals surface area (Å²) in [5.41, 5.74) is 0.712. The van der Waals surface area contributed by atoms with Crippen molar-refractivity contribution in [3.05, 3.63) is 29.3 Å². The van der Waals surface area contributed by atoms with E-state index in [1.54, 1.807) is 19.1 Å². The second-order valence-electron chi connectivity index (χ2n) is 4.19. The molecule has 0 saturated heterocycles. The van der Waals surface area contributed by atoms with Gasteiger partial charge in [-0.1, -0.05) is 18.6 Å². The highest BCUT2D eigenvalue weighted by molar-refractivity contribution is 5.83. The molecule has 0 aromatic heterocycles. The zero-order valence-electron chi connectivity index (χ0n) is 8.66. The Morgan fingerprint density at radius 3 is 2.53 bits per heavy atom. The zero-order valence-corrected chi connectivity index (χ0v) is 8.66. The molecule has 0 bridgehead atoms. The lowest BCUT2D eigenvalue weighted by atomic mass is 9.63. The molecule has 0 amide bonds. The lowest BCUT2D eigenvalue weighted by Crippen LogP contribution is -2.42. The van der Waals surface area contributed by atoms with Gasteiger partial charge in [0.05, 0.1) is 5.41 Å². The Labute approximate surface area is 88.4 Å². The Bertz CT molecular complexity index is 405. The fourth-order valence-electron chi connectivity index (χ4n) is 2.27. The molecule has 0 aliphatic heterocycles. The van der Waals surface area contributed by atoms with Crippen molar-refractivity contribution >= 4 is 5.97 Å². The number of hydrogen-bond donors (Lipinski definition) is 2. The molecule has 1 fully saturated rings. The lowest BCUT2D eigenvalue weighted by Gasteiger charge is -2.39. The van der Waals surface area contributed by atoms with Crippen molar-refractivity contribution in [3.63, 3.8) is 0 Å². The smallest absolute Gasteiger partial charge is 0.314 e. The van der Waals surface area contributed by atoms with Gasteiger partial charge in [0.1, 0.15) is 5.75 Å². The van der Waals surface area contributed by atoms with Gasteiger partial charge >= 0.3 is 5.97 Å². The van der Waals surface area contributed by atoms with E-state index in [1.165, 1.54) is 0 Å². The summed E-state index contributed by atoms with van der Waals surface area (Å²) in [7, 11) is 0. The molecule has 0 radical (unpaired) electrons. The molecule has 0 heterocycles. The minimum absolute atomic E-state index is 0.181. The number of phenolic OH excluding ortho intramolecular Hbond substituents is 1. The van der Waals surface area contributed by atoms with E-state index in [-0.39, 0.29) is 5.75 Å². The maximum atomic E-state index is 11.3. The van der Waals surface area contributed by atoms with Gasteiger partial charge in [0.2, 0.25) is 0 Å². The molecule has 2 rings (SSSR count). The monoisotopic (exact) mass is 206 g/mol. The van der Waals surface area contributed by atoms with Crippen LogP contribution in [0.4, 0.5) is 0 Å². The first kappa shape index (κ1) is 10.0. The standard InChI is InChI=1S/C12H14O3/c1-8-9(4-2-5-10(8)13)12(11(14)15)6-3-7-12/h2,4-5,13H,3,6-7H2,1H3,(H,14,15). The minimum Gasteiger partial charge on any atom is -0.508 e. The molecule has 1 aromatic carbocycles. The zero-order chi connectivity index (χ0) is 11.1. The summed E-state index contributed by atoms with van der Waals surface area (Å²) in [6.07, 6.45) is 2.29. The fourth-order valence-corrected chi connectivity index (χ4v) is 2.27. The van der Waals surface area contributed by atoms with Crippen molar-refractivity contribution in [2.24, 2.45) is 0 Å². The van der Waals surface area contributed by atoms with E-state index < -0.39 is 11.4 Å². The number of hydrogen-bond acceptors (Lipinski definition) is 2. The molecule has 1 aromatic rings. The second-order valence-corrected chi connectivity index (χ2v) is 4.19. The normalized spacial score (nSPS) is 18.2. The quantitative estimate of drug-likeness (QED) is 0.780. The van der Waals surface area contributed by atoms with E-state index in [4.69, 9.17) is 0 Å². The van der Waals surface area contributed by atoms with E-state index in [0.29, 0.717) is 18.4 Å². The number of phenols is 1. The molecule has 15 heavy (non-hydrogen) atoms. The number of benzene rings is 1. The molecule has 0 spiro atoms. The van der Waals surface area contributed by atoms with Gasteiger partial charge in [-0.3, -0.25) is 4.79 Å². The van der Waals surface area contributed by atoms with Crippen LogP contribution in [-0.4, -0.2) is 16.2 Å². The Kier molecular flexibility index (Phi) is 2.18. The highest BCUT2D eigenvalue weighted by Gasteiger charge is 2.46. The molecule has 1 aliphatic carbocycles. The maximum Gasteiger partial charge on any atom is 0.314 e. The van der Waals surface area contributed by atoms with Crippen molar-refractivity contribution in [3.8, 4) is 5.75 Å². The maximum absolute atomic E-state index is 11.3. The number of rotatable bonds is 2. The first-order valence-corrected chi connectivity index (χ1v) is 5.10. The van der Waals surface area contributed by atoms with Crippen molar-refractivity contribution in [1.29, 1.82) is 0 Å². The van der Waals surface area contributed by atoms with Gasteiger partial charge in [0.15, 0.2) is 0 Å². The molecule has 80 valence electrons. The molecule has 2 N–H and O–H groups in total. The lowest BCUT2D eigenvalue weighted by molar-refractivity contribution is -0.147. The van der Waals surface area contributed by atoms with E-state index in [1.807, 2.05) is 6.07 Å². The summed E-state index contributed by atoms with van der Waals surface area (Å²) in [5.74, 6) is -0.595. The summed E-state index contributed by atoms with van der Waals surface area (Å²) in [6.45, 7) is 1.77. The number of carboxylic acid groups (broad SMARTS) is 1. The topological polar surface area (TPSA) is 57.5 Å². The van der Waals surface area contributed by atoms with Crippen LogP contribution in [-0.2, 0) is 10.2 Å². The first-order valence-electron chi connectivity index (χ1n) is 5.10. The Morgan fingerprint density at radius 1 is 1.40 bits per heavy atom. The minimum atomic E-state index is -0.776. The van der Waals surface area contributed by atoms with Gasteiger partial charge in [-0.2, -0.15) is 0 Å². The number of carbonyl (C=O) groups is 1. The van der Waals surface area contributed by atoms with Crippen molar-refractivity contribution in [1.82, 2.24) is 0 Å². The van der Waals surface area contributed by atoms with Crippen molar-refractivity contribution in [2.45, 2.75) is 31.6 Å². The number of aromatic hydroxyl groups is 1. The second kappa shape index (κ2) is 3.26. The van der Waals surface area contributed by atoms with E-state index >= 15 is 0 Å². The van der Waals surface area contributed by atoms with E-state index in [2.05, 4.69) is 0 Å². The van der Waals surface area contributed by atoms with Crippen LogP contribution in [0, 0.1) is 6.92 Å². The predicted octanol–water partition coefficient (Wildman–Crippen LogP) is 2.21. The first-order chi connectivity index (χ1) is 7.08. The number of carboxylic acids is 1. The SMILES string of the molecule is Cc1c(O)cccc1C1(C(=O)O)CCC1. The Hall–Kier alpha value is -1.51. The summed E-state index contributed by atoms with van der Waals surface area (Å²) in [4.78, 5) is 11.3. The molecule has 0 unspecified atom stereocenters. The van der Waals surface area contributed by atoms with Gasteiger partial charge in [-0.15, -0.1) is 0 Å². The van der Waals surface area contributed by atoms with Crippen LogP contribution in [0.1, 0.15) is 30.4 Å². The summed E-state index contributed by atoms with van der Waals surface area (Å²) >= 11 is 0. The van der Waals surface area contributed by atoms with Crippen LogP contribution in [0.5, 0.6) is 5.75 Å². The van der Waals surface area contributed by atoms with Crippen LogP contribution in [0.15, 0.2) is 18.2 Å².